The van der Waals surface area contributed by atoms with E-state index in [2.05, 4.69) is 30.2 Å². The van der Waals surface area contributed by atoms with Crippen LogP contribution in [0.1, 0.15) is 43.8 Å². The summed E-state index contributed by atoms with van der Waals surface area (Å²) in [6, 6.07) is 0.482. The number of nitrogens with one attached hydrogen (secondary N) is 2. The Hall–Kier alpha value is -1.73. The van der Waals surface area contributed by atoms with Crippen LogP contribution in [-0.2, 0) is 4.74 Å². The smallest absolute Gasteiger partial charge is 0.203 e. The zero-order valence-corrected chi connectivity index (χ0v) is 13.9. The van der Waals surface area contributed by atoms with Gasteiger partial charge in [0.15, 0.2) is 5.82 Å². The molecule has 2 aromatic heterocycles. The molecule has 128 valence electrons. The van der Waals surface area contributed by atoms with Crippen LogP contribution in [-0.4, -0.2) is 51.9 Å². The highest BCUT2D eigenvalue weighted by atomic mass is 16.5. The summed E-state index contributed by atoms with van der Waals surface area (Å²) in [5, 5.41) is 15.9. The molecule has 5 rings (SSSR count). The Morgan fingerprint density at radius 3 is 3.00 bits per heavy atom. The average molecular weight is 328 g/mol. The maximum Gasteiger partial charge on any atom is 0.203 e. The van der Waals surface area contributed by atoms with Crippen molar-refractivity contribution in [2.24, 2.45) is 5.41 Å². The molecule has 2 saturated heterocycles. The van der Waals surface area contributed by atoms with E-state index in [1.165, 1.54) is 32.1 Å². The van der Waals surface area contributed by atoms with Crippen molar-refractivity contribution in [3.63, 3.8) is 0 Å². The second-order valence-electron chi connectivity index (χ2n) is 7.58. The number of aromatic nitrogens is 4. The number of fused-ring (bicyclic) bond motifs is 1. The van der Waals surface area contributed by atoms with E-state index in [-0.39, 0.29) is 0 Å². The van der Waals surface area contributed by atoms with Gasteiger partial charge < -0.3 is 15.4 Å². The van der Waals surface area contributed by atoms with Crippen LogP contribution < -0.4 is 10.6 Å². The number of nitrogens with zero attached hydrogens (tertiary/aromatic N) is 4. The van der Waals surface area contributed by atoms with E-state index in [1.54, 1.807) is 0 Å². The molecule has 0 bridgehead atoms. The monoisotopic (exact) mass is 328 g/mol. The Morgan fingerprint density at radius 2 is 2.17 bits per heavy atom. The molecule has 1 spiro atoms. The summed E-state index contributed by atoms with van der Waals surface area (Å²) in [4.78, 5) is 4.48. The molecular formula is C17H24N6O. The minimum Gasteiger partial charge on any atom is -0.381 e. The van der Waals surface area contributed by atoms with E-state index in [0.717, 1.165) is 43.6 Å². The first-order valence-electron chi connectivity index (χ1n) is 9.08. The van der Waals surface area contributed by atoms with Gasteiger partial charge in [0.25, 0.3) is 0 Å². The second-order valence-corrected chi connectivity index (χ2v) is 7.58. The van der Waals surface area contributed by atoms with Crippen molar-refractivity contribution in [3.05, 3.63) is 18.2 Å². The standard InChI is InChI=1S/C17H24N6O/c1-2-12(1)15-21-22-16-14(18-5-6-23(15)16)19-10-13-9-17(11-20-13)3-7-24-8-4-17/h5-6,12-13,20H,1-4,7-11H2,(H,18,19). The van der Waals surface area contributed by atoms with Crippen molar-refractivity contribution in [3.8, 4) is 0 Å². The Balaban J connectivity index is 1.28. The topological polar surface area (TPSA) is 76.4 Å². The molecule has 0 amide bonds. The van der Waals surface area contributed by atoms with Crippen molar-refractivity contribution in [1.82, 2.24) is 24.9 Å². The molecule has 1 saturated carbocycles. The Morgan fingerprint density at radius 1 is 1.29 bits per heavy atom. The maximum atomic E-state index is 5.52. The van der Waals surface area contributed by atoms with E-state index < -0.39 is 0 Å². The predicted octanol–water partition coefficient (Wildman–Crippen LogP) is 1.57. The van der Waals surface area contributed by atoms with Crippen LogP contribution in [0.15, 0.2) is 12.4 Å². The van der Waals surface area contributed by atoms with Gasteiger partial charge in [-0.05, 0) is 37.5 Å². The number of ether oxygens (including phenoxy) is 1. The molecule has 3 fully saturated rings. The van der Waals surface area contributed by atoms with Gasteiger partial charge in [-0.2, -0.15) is 0 Å². The molecule has 7 nitrogen and oxygen atoms in total. The van der Waals surface area contributed by atoms with Crippen molar-refractivity contribution < 1.29 is 4.74 Å². The highest BCUT2D eigenvalue weighted by Crippen LogP contribution is 2.40. The molecular weight excluding hydrogens is 304 g/mol. The van der Waals surface area contributed by atoms with Crippen molar-refractivity contribution >= 4 is 11.5 Å². The Labute approximate surface area is 141 Å². The van der Waals surface area contributed by atoms with Crippen LogP contribution in [0.4, 0.5) is 5.82 Å². The largest absolute Gasteiger partial charge is 0.381 e. The highest BCUT2D eigenvalue weighted by Gasteiger charge is 2.39. The zero-order valence-electron chi connectivity index (χ0n) is 13.9. The molecule has 7 heteroatoms. The molecule has 1 atom stereocenters. The summed E-state index contributed by atoms with van der Waals surface area (Å²) >= 11 is 0. The highest BCUT2D eigenvalue weighted by molar-refractivity contribution is 5.62. The third kappa shape index (κ3) is 2.56. The van der Waals surface area contributed by atoms with Crippen molar-refractivity contribution in [1.29, 1.82) is 0 Å². The van der Waals surface area contributed by atoms with E-state index in [4.69, 9.17) is 4.74 Å². The molecule has 4 heterocycles. The van der Waals surface area contributed by atoms with Crippen LogP contribution in [0, 0.1) is 5.41 Å². The van der Waals surface area contributed by atoms with Gasteiger partial charge in [0.2, 0.25) is 5.65 Å². The molecule has 1 aliphatic carbocycles. The lowest BCUT2D eigenvalue weighted by atomic mass is 9.78. The number of rotatable bonds is 4. The lowest BCUT2D eigenvalue weighted by molar-refractivity contribution is 0.0236. The second kappa shape index (κ2) is 5.67. The average Bonchev–Trinajstić information content (AvgIpc) is 3.25. The SMILES string of the molecule is c1cn2c(C3CC3)nnc2c(NCC2CC3(CCOCC3)CN2)n1. The van der Waals surface area contributed by atoms with E-state index in [9.17, 15) is 0 Å². The minimum atomic E-state index is 0.442. The van der Waals surface area contributed by atoms with Gasteiger partial charge in [-0.25, -0.2) is 4.98 Å². The van der Waals surface area contributed by atoms with Crippen LogP contribution >= 0.6 is 0 Å². The molecule has 2 aliphatic heterocycles. The molecule has 0 aromatic carbocycles. The lowest BCUT2D eigenvalue weighted by Gasteiger charge is -2.32. The summed E-state index contributed by atoms with van der Waals surface area (Å²) in [5.74, 6) is 2.50. The summed E-state index contributed by atoms with van der Waals surface area (Å²) in [7, 11) is 0. The Bertz CT molecular complexity index is 734. The molecule has 2 N–H and O–H groups in total. The molecule has 24 heavy (non-hydrogen) atoms. The summed E-state index contributed by atoms with van der Waals surface area (Å²) < 4.78 is 7.62. The molecule has 2 aromatic rings. The minimum absolute atomic E-state index is 0.442. The normalized spacial score (nSPS) is 26.2. The zero-order chi connectivity index (χ0) is 16.0. The first-order valence-corrected chi connectivity index (χ1v) is 9.08. The number of hydrogen-bond donors (Lipinski definition) is 2. The van der Waals surface area contributed by atoms with Gasteiger partial charge in [0, 0.05) is 50.7 Å². The molecule has 0 radical (unpaired) electrons. The van der Waals surface area contributed by atoms with Gasteiger partial charge in [-0.1, -0.05) is 0 Å². The number of anilines is 1. The summed E-state index contributed by atoms with van der Waals surface area (Å²) in [6.45, 7) is 3.80. The van der Waals surface area contributed by atoms with Gasteiger partial charge in [0.1, 0.15) is 5.82 Å². The summed E-state index contributed by atoms with van der Waals surface area (Å²) in [5.41, 5.74) is 1.29. The maximum absolute atomic E-state index is 5.52. The fourth-order valence-electron chi connectivity index (χ4n) is 4.17. The van der Waals surface area contributed by atoms with Gasteiger partial charge >= 0.3 is 0 Å². The molecule has 1 unspecified atom stereocenters. The van der Waals surface area contributed by atoms with E-state index >= 15 is 0 Å². The van der Waals surface area contributed by atoms with Gasteiger partial charge in [-0.15, -0.1) is 10.2 Å². The first kappa shape index (κ1) is 14.6. The first-order chi connectivity index (χ1) is 11.8. The van der Waals surface area contributed by atoms with Gasteiger partial charge in [0.05, 0.1) is 0 Å². The van der Waals surface area contributed by atoms with E-state index in [0.29, 0.717) is 17.4 Å². The fourth-order valence-corrected chi connectivity index (χ4v) is 4.17. The lowest BCUT2D eigenvalue weighted by Crippen LogP contribution is -2.31. The predicted molar refractivity (Wildman–Crippen MR) is 90.1 cm³/mol. The third-order valence-electron chi connectivity index (χ3n) is 5.81. The van der Waals surface area contributed by atoms with Crippen LogP contribution in [0.25, 0.3) is 5.65 Å². The third-order valence-corrected chi connectivity index (χ3v) is 5.81. The van der Waals surface area contributed by atoms with Crippen molar-refractivity contribution in [2.45, 2.75) is 44.1 Å². The molecule has 3 aliphatic rings. The van der Waals surface area contributed by atoms with Crippen LogP contribution in [0.2, 0.25) is 0 Å². The van der Waals surface area contributed by atoms with E-state index in [1.807, 2.05) is 12.4 Å². The van der Waals surface area contributed by atoms with Crippen LogP contribution in [0.3, 0.4) is 0 Å². The Kier molecular flexibility index (Phi) is 3.45. The van der Waals surface area contributed by atoms with Gasteiger partial charge in [-0.3, -0.25) is 4.40 Å². The van der Waals surface area contributed by atoms with Crippen molar-refractivity contribution in [2.75, 3.05) is 31.6 Å². The summed E-state index contributed by atoms with van der Waals surface area (Å²) in [6.07, 6.45) is 9.84. The number of hydrogen-bond acceptors (Lipinski definition) is 6. The fraction of sp³-hybridized carbons (Fsp3) is 0.706. The quantitative estimate of drug-likeness (QED) is 0.887. The van der Waals surface area contributed by atoms with Crippen LogP contribution in [0.5, 0.6) is 0 Å².